The van der Waals surface area contributed by atoms with Gasteiger partial charge in [0.25, 0.3) is 0 Å². The predicted octanol–water partition coefficient (Wildman–Crippen LogP) is 1.38. The summed E-state index contributed by atoms with van der Waals surface area (Å²) in [4.78, 5) is 0. The first-order valence-electron chi connectivity index (χ1n) is 4.63. The monoisotopic (exact) mass is 172 g/mol. The van der Waals surface area contributed by atoms with Crippen LogP contribution in [0.4, 0.5) is 0 Å². The van der Waals surface area contributed by atoms with Crippen molar-refractivity contribution in [3.63, 3.8) is 0 Å². The quantitative estimate of drug-likeness (QED) is 0.635. The molecular weight excluding hydrogens is 151 g/mol. The molecule has 0 atom stereocenters. The summed E-state index contributed by atoms with van der Waals surface area (Å²) in [7, 11) is 1.03. The van der Waals surface area contributed by atoms with Gasteiger partial charge >= 0.3 is 0 Å². The van der Waals surface area contributed by atoms with E-state index in [0.29, 0.717) is 6.61 Å². The van der Waals surface area contributed by atoms with Gasteiger partial charge in [0.1, 0.15) is 0 Å². The highest BCUT2D eigenvalue weighted by atomic mass is 16.5. The first-order valence-corrected chi connectivity index (χ1v) is 4.63. The molecule has 0 aliphatic rings. The summed E-state index contributed by atoms with van der Waals surface area (Å²) >= 11 is 0. The number of aliphatic hydroxyl groups is 1. The third-order valence-electron chi connectivity index (χ3n) is 1.67. The summed E-state index contributed by atoms with van der Waals surface area (Å²) in [5.74, 6) is 0. The van der Waals surface area contributed by atoms with Crippen LogP contribution in [0.5, 0.6) is 0 Å². The van der Waals surface area contributed by atoms with E-state index in [1.165, 1.54) is 0 Å². The molecule has 0 unspecified atom stereocenters. The largest absolute Gasteiger partial charge is 0.388 e. The molecule has 2 nitrogen and oxygen atoms in total. The Balaban J connectivity index is 3.75. The minimum Gasteiger partial charge on any atom is -0.388 e. The van der Waals surface area contributed by atoms with Gasteiger partial charge in [0.2, 0.25) is 0 Å². The van der Waals surface area contributed by atoms with E-state index < -0.39 is 5.60 Å². The lowest BCUT2D eigenvalue weighted by atomic mass is 9.60. The van der Waals surface area contributed by atoms with Gasteiger partial charge in [-0.25, -0.2) is 0 Å². The van der Waals surface area contributed by atoms with Crippen molar-refractivity contribution in [3.05, 3.63) is 0 Å². The van der Waals surface area contributed by atoms with E-state index in [9.17, 15) is 5.11 Å². The van der Waals surface area contributed by atoms with E-state index in [1.54, 1.807) is 13.8 Å². The van der Waals surface area contributed by atoms with E-state index >= 15 is 0 Å². The normalized spacial score (nSPS) is 13.2. The van der Waals surface area contributed by atoms with Crippen LogP contribution in [-0.2, 0) is 4.74 Å². The molecule has 0 saturated carbocycles. The van der Waals surface area contributed by atoms with Crippen LogP contribution in [0.3, 0.4) is 0 Å². The lowest BCUT2D eigenvalue weighted by molar-refractivity contribution is -0.0590. The van der Waals surface area contributed by atoms with E-state index in [-0.39, 0.29) is 5.50 Å². The molecule has 0 aliphatic heterocycles. The zero-order valence-electron chi connectivity index (χ0n) is 8.98. The molecule has 0 aliphatic carbocycles. The van der Waals surface area contributed by atoms with Crippen molar-refractivity contribution in [3.8, 4) is 0 Å². The van der Waals surface area contributed by atoms with Crippen LogP contribution in [0.2, 0.25) is 6.32 Å². The maximum Gasteiger partial charge on any atom is 0.160 e. The molecule has 0 rings (SSSR count). The molecule has 1 N–H and O–H groups in total. The fourth-order valence-electron chi connectivity index (χ4n) is 1.05. The van der Waals surface area contributed by atoms with Crippen molar-refractivity contribution in [1.29, 1.82) is 0 Å². The molecule has 12 heavy (non-hydrogen) atoms. The molecule has 0 aromatic rings. The molecule has 0 bridgehead atoms. The predicted molar refractivity (Wildman–Crippen MR) is 54.0 cm³/mol. The zero-order chi connectivity index (χ0) is 9.83. The molecule has 0 aromatic carbocycles. The van der Waals surface area contributed by atoms with E-state index in [4.69, 9.17) is 4.74 Å². The smallest absolute Gasteiger partial charge is 0.160 e. The molecule has 0 fully saturated rings. The molecule has 3 heteroatoms. The average molecular weight is 172 g/mol. The summed E-state index contributed by atoms with van der Waals surface area (Å²) in [6, 6.07) is 0. The number of hydrogen-bond donors (Lipinski definition) is 1. The molecule has 0 radical (unpaired) electrons. The van der Waals surface area contributed by atoms with E-state index in [1.807, 2.05) is 0 Å². The highest BCUT2D eigenvalue weighted by Gasteiger charge is 2.22. The Morgan fingerprint density at radius 1 is 1.25 bits per heavy atom. The first-order chi connectivity index (χ1) is 5.27. The average Bonchev–Trinajstić information content (AvgIpc) is 1.83. The van der Waals surface area contributed by atoms with Gasteiger partial charge in [0, 0.05) is 5.50 Å². The van der Waals surface area contributed by atoms with Crippen LogP contribution in [0.15, 0.2) is 0 Å². The van der Waals surface area contributed by atoms with Crippen LogP contribution >= 0.6 is 0 Å². The summed E-state index contributed by atoms with van der Waals surface area (Å²) in [5, 5.41) is 9.42. The maximum absolute atomic E-state index is 9.42. The van der Waals surface area contributed by atoms with Gasteiger partial charge < -0.3 is 9.84 Å². The first kappa shape index (κ1) is 12.0. The minimum atomic E-state index is -0.717. The molecular formula is C9H21BO2. The maximum atomic E-state index is 9.42. The molecule has 0 heterocycles. The van der Waals surface area contributed by atoms with Crippen LogP contribution < -0.4 is 0 Å². The van der Waals surface area contributed by atoms with Gasteiger partial charge in [0.05, 0.1) is 12.2 Å². The van der Waals surface area contributed by atoms with Gasteiger partial charge in [0.15, 0.2) is 7.28 Å². The highest BCUT2D eigenvalue weighted by molar-refractivity contribution is 6.39. The van der Waals surface area contributed by atoms with Crippen molar-refractivity contribution in [1.82, 2.24) is 0 Å². The van der Waals surface area contributed by atoms with Crippen molar-refractivity contribution in [2.75, 3.05) is 6.61 Å². The summed E-state index contributed by atoms with van der Waals surface area (Å²) < 4.78 is 5.58. The highest BCUT2D eigenvalue weighted by Crippen LogP contribution is 2.12. The van der Waals surface area contributed by atoms with Crippen LogP contribution in [0, 0.1) is 0 Å². The number of hydrogen-bond acceptors (Lipinski definition) is 2. The van der Waals surface area contributed by atoms with Gasteiger partial charge in [-0.05, 0) is 27.7 Å². The van der Waals surface area contributed by atoms with Crippen LogP contribution in [-0.4, -0.2) is 30.1 Å². The topological polar surface area (TPSA) is 29.5 Å². The number of rotatable bonds is 5. The standard InChI is InChI=1S/C9H21BO2/c1-6-10-9(4,5)12-7-8(2,3)11/h10-11H,6-7H2,1-5H3. The van der Waals surface area contributed by atoms with Crippen molar-refractivity contribution < 1.29 is 9.84 Å². The Morgan fingerprint density at radius 2 is 1.75 bits per heavy atom. The second kappa shape index (κ2) is 4.29. The fourth-order valence-corrected chi connectivity index (χ4v) is 1.05. The Morgan fingerprint density at radius 3 is 2.08 bits per heavy atom. The molecule has 0 spiro atoms. The Hall–Kier alpha value is -0.0151. The summed E-state index contributed by atoms with van der Waals surface area (Å²) in [6.45, 7) is 10.2. The third kappa shape index (κ3) is 6.68. The second-order valence-electron chi connectivity index (χ2n) is 4.61. The summed E-state index contributed by atoms with van der Waals surface area (Å²) in [5.41, 5.74) is -0.820. The van der Waals surface area contributed by atoms with Gasteiger partial charge in [-0.3, -0.25) is 0 Å². The van der Waals surface area contributed by atoms with Gasteiger partial charge in [-0.1, -0.05) is 13.2 Å². The lowest BCUT2D eigenvalue weighted by Gasteiger charge is -2.28. The Kier molecular flexibility index (Phi) is 4.28. The molecule has 0 aromatic heterocycles. The van der Waals surface area contributed by atoms with Crippen LogP contribution in [0.25, 0.3) is 0 Å². The molecule has 72 valence electrons. The number of ether oxygens (including phenoxy) is 1. The third-order valence-corrected chi connectivity index (χ3v) is 1.67. The minimum absolute atomic E-state index is 0.102. The fraction of sp³-hybridized carbons (Fsp3) is 1.00. The van der Waals surface area contributed by atoms with Crippen LogP contribution in [0.1, 0.15) is 34.6 Å². The van der Waals surface area contributed by atoms with E-state index in [0.717, 1.165) is 13.6 Å². The van der Waals surface area contributed by atoms with E-state index in [2.05, 4.69) is 20.8 Å². The van der Waals surface area contributed by atoms with Crippen molar-refractivity contribution >= 4 is 7.28 Å². The lowest BCUT2D eigenvalue weighted by Crippen LogP contribution is -2.38. The molecule has 0 amide bonds. The SMILES string of the molecule is CCBC(C)(C)OCC(C)(C)O. The molecule has 0 saturated heterocycles. The summed E-state index contributed by atoms with van der Waals surface area (Å²) in [6.07, 6.45) is 1.11. The van der Waals surface area contributed by atoms with Crippen molar-refractivity contribution in [2.45, 2.75) is 52.0 Å². The Bertz CT molecular complexity index is 127. The second-order valence-corrected chi connectivity index (χ2v) is 4.61. The van der Waals surface area contributed by atoms with Gasteiger partial charge in [-0.2, -0.15) is 0 Å². The Labute approximate surface area is 76.6 Å². The van der Waals surface area contributed by atoms with Gasteiger partial charge in [-0.15, -0.1) is 0 Å². The van der Waals surface area contributed by atoms with Crippen molar-refractivity contribution in [2.24, 2.45) is 0 Å². The zero-order valence-corrected chi connectivity index (χ0v) is 8.98.